The molecular formula is C11H16BrNS. The van der Waals surface area contributed by atoms with Crippen LogP contribution >= 0.6 is 27.3 Å². The van der Waals surface area contributed by atoms with Crippen molar-refractivity contribution < 1.29 is 0 Å². The zero-order chi connectivity index (χ0) is 10.2. The molecule has 1 nitrogen and oxygen atoms in total. The van der Waals surface area contributed by atoms with Gasteiger partial charge in [-0.05, 0) is 60.6 Å². The maximum Gasteiger partial charge on any atom is 0.0285 e. The smallest absolute Gasteiger partial charge is 0.0285 e. The van der Waals surface area contributed by atoms with E-state index in [1.165, 1.54) is 28.6 Å². The number of rotatable bonds is 4. The molecule has 0 bridgehead atoms. The fraction of sp³-hybridized carbons (Fsp3) is 0.636. The summed E-state index contributed by atoms with van der Waals surface area (Å²) in [4.78, 5) is 1.51. The second-order valence-electron chi connectivity index (χ2n) is 4.28. The molecule has 78 valence electrons. The van der Waals surface area contributed by atoms with Gasteiger partial charge in [0.05, 0.1) is 0 Å². The molecule has 1 saturated carbocycles. The van der Waals surface area contributed by atoms with E-state index in [0.29, 0.717) is 11.5 Å². The number of thiophene rings is 1. The van der Waals surface area contributed by atoms with E-state index >= 15 is 0 Å². The van der Waals surface area contributed by atoms with Crippen LogP contribution in [0, 0.1) is 5.41 Å². The summed E-state index contributed by atoms with van der Waals surface area (Å²) in [6.07, 6.45) is 4.00. The molecule has 0 radical (unpaired) electrons. The Morgan fingerprint density at radius 2 is 2.36 bits per heavy atom. The predicted molar refractivity (Wildman–Crippen MR) is 65.9 cm³/mol. The lowest BCUT2D eigenvalue weighted by atomic mass is 9.93. The molecule has 1 N–H and O–H groups in total. The van der Waals surface area contributed by atoms with E-state index in [9.17, 15) is 0 Å². The highest BCUT2D eigenvalue weighted by Crippen LogP contribution is 2.51. The molecule has 0 aromatic carbocycles. The monoisotopic (exact) mass is 273 g/mol. The van der Waals surface area contributed by atoms with Crippen molar-refractivity contribution in [3.63, 3.8) is 0 Å². The molecule has 1 aromatic rings. The minimum absolute atomic E-state index is 0.555. The van der Waals surface area contributed by atoms with Crippen LogP contribution in [0.15, 0.2) is 15.9 Å². The molecule has 1 fully saturated rings. The Kier molecular flexibility index (Phi) is 3.01. The number of hydrogen-bond acceptors (Lipinski definition) is 2. The molecule has 0 aliphatic heterocycles. The zero-order valence-electron chi connectivity index (χ0n) is 8.64. The molecule has 1 unspecified atom stereocenters. The van der Waals surface area contributed by atoms with E-state index < -0.39 is 0 Å². The van der Waals surface area contributed by atoms with Crippen LogP contribution in [0.5, 0.6) is 0 Å². The van der Waals surface area contributed by atoms with Crippen LogP contribution in [-0.2, 0) is 6.42 Å². The third-order valence-electron chi connectivity index (χ3n) is 3.39. The summed E-state index contributed by atoms with van der Waals surface area (Å²) in [5.41, 5.74) is 0.555. The van der Waals surface area contributed by atoms with Crippen LogP contribution in [0.1, 0.15) is 24.6 Å². The summed E-state index contributed by atoms with van der Waals surface area (Å²) in [5.74, 6) is 0. The first kappa shape index (κ1) is 10.7. The van der Waals surface area contributed by atoms with Gasteiger partial charge in [-0.25, -0.2) is 0 Å². The van der Waals surface area contributed by atoms with E-state index in [1.807, 2.05) is 11.3 Å². The molecule has 1 aromatic heterocycles. The molecule has 1 aliphatic rings. The second-order valence-corrected chi connectivity index (χ2v) is 6.19. The van der Waals surface area contributed by atoms with Gasteiger partial charge in [-0.15, -0.1) is 11.3 Å². The molecule has 3 heteroatoms. The van der Waals surface area contributed by atoms with Gasteiger partial charge in [-0.3, -0.25) is 0 Å². The molecule has 1 atom stereocenters. The maximum atomic E-state index is 3.51. The molecule has 1 aliphatic carbocycles. The fourth-order valence-electron chi connectivity index (χ4n) is 2.02. The van der Waals surface area contributed by atoms with Crippen LogP contribution in [0.2, 0.25) is 0 Å². The Balaban J connectivity index is 2.04. The summed E-state index contributed by atoms with van der Waals surface area (Å²) in [6.45, 7) is 2.30. The highest BCUT2D eigenvalue weighted by atomic mass is 79.9. The summed E-state index contributed by atoms with van der Waals surface area (Å²) in [6, 6.07) is 2.90. The predicted octanol–water partition coefficient (Wildman–Crippen LogP) is 3.44. The summed E-state index contributed by atoms with van der Waals surface area (Å²) in [5, 5.41) is 5.56. The van der Waals surface area contributed by atoms with Gasteiger partial charge < -0.3 is 5.32 Å². The first-order chi connectivity index (χ1) is 6.66. The van der Waals surface area contributed by atoms with Crippen LogP contribution in [0.3, 0.4) is 0 Å². The minimum atomic E-state index is 0.555. The van der Waals surface area contributed by atoms with Gasteiger partial charge in [0.25, 0.3) is 0 Å². The van der Waals surface area contributed by atoms with Crippen molar-refractivity contribution >= 4 is 27.3 Å². The Morgan fingerprint density at radius 1 is 1.64 bits per heavy atom. The van der Waals surface area contributed by atoms with Gasteiger partial charge in [0.15, 0.2) is 0 Å². The van der Waals surface area contributed by atoms with Crippen LogP contribution in [0.25, 0.3) is 0 Å². The quantitative estimate of drug-likeness (QED) is 0.886. The van der Waals surface area contributed by atoms with Gasteiger partial charge in [0.2, 0.25) is 0 Å². The third kappa shape index (κ3) is 2.05. The first-order valence-electron chi connectivity index (χ1n) is 5.06. The highest BCUT2D eigenvalue weighted by Gasteiger charge is 2.46. The topological polar surface area (TPSA) is 12.0 Å². The number of hydrogen-bond donors (Lipinski definition) is 1. The van der Waals surface area contributed by atoms with Gasteiger partial charge >= 0.3 is 0 Å². The Morgan fingerprint density at radius 3 is 2.79 bits per heavy atom. The van der Waals surface area contributed by atoms with Crippen LogP contribution in [0.4, 0.5) is 0 Å². The highest BCUT2D eigenvalue weighted by molar-refractivity contribution is 9.10. The molecule has 0 amide bonds. The lowest BCUT2D eigenvalue weighted by Crippen LogP contribution is -2.33. The molecule has 0 spiro atoms. The van der Waals surface area contributed by atoms with Crippen LogP contribution < -0.4 is 5.32 Å². The Bertz CT molecular complexity index is 317. The molecule has 2 rings (SSSR count). The van der Waals surface area contributed by atoms with E-state index in [4.69, 9.17) is 0 Å². The fourth-order valence-corrected chi connectivity index (χ4v) is 3.63. The minimum Gasteiger partial charge on any atom is -0.317 e. The first-order valence-corrected chi connectivity index (χ1v) is 6.74. The van der Waals surface area contributed by atoms with Crippen molar-refractivity contribution in [2.45, 2.75) is 32.2 Å². The van der Waals surface area contributed by atoms with E-state index in [-0.39, 0.29) is 0 Å². The lowest BCUT2D eigenvalue weighted by Gasteiger charge is -2.22. The molecule has 1 heterocycles. The molecular weight excluding hydrogens is 258 g/mol. The summed E-state index contributed by atoms with van der Waals surface area (Å²) < 4.78 is 1.23. The normalized spacial score (nSPS) is 20.8. The van der Waals surface area contributed by atoms with Gasteiger partial charge in [0, 0.05) is 20.8 Å². The van der Waals surface area contributed by atoms with E-state index in [0.717, 1.165) is 0 Å². The maximum absolute atomic E-state index is 3.51. The average molecular weight is 274 g/mol. The van der Waals surface area contributed by atoms with E-state index in [2.05, 4.69) is 46.7 Å². The third-order valence-corrected chi connectivity index (χ3v) is 5.09. The number of halogens is 1. The van der Waals surface area contributed by atoms with Gasteiger partial charge in [0.1, 0.15) is 0 Å². The molecule has 0 saturated heterocycles. The second kappa shape index (κ2) is 3.95. The standard InChI is InChI=1S/C11H16BrNS/c1-8(13-2)11(3-4-11)6-10-5-9(12)7-14-10/h5,7-8,13H,3-4,6H2,1-2H3. The van der Waals surface area contributed by atoms with Crippen LogP contribution in [-0.4, -0.2) is 13.1 Å². The van der Waals surface area contributed by atoms with Crippen molar-refractivity contribution in [1.82, 2.24) is 5.32 Å². The van der Waals surface area contributed by atoms with Gasteiger partial charge in [-0.1, -0.05) is 0 Å². The largest absolute Gasteiger partial charge is 0.317 e. The van der Waals surface area contributed by atoms with Crippen molar-refractivity contribution in [3.8, 4) is 0 Å². The lowest BCUT2D eigenvalue weighted by molar-refractivity contribution is 0.372. The SMILES string of the molecule is CNC(C)C1(Cc2cc(Br)cs2)CC1. The number of nitrogens with one attached hydrogen (secondary N) is 1. The average Bonchev–Trinajstić information content (AvgIpc) is 2.84. The Labute approximate surface area is 98.0 Å². The van der Waals surface area contributed by atoms with Crippen molar-refractivity contribution in [1.29, 1.82) is 0 Å². The molecule has 14 heavy (non-hydrogen) atoms. The van der Waals surface area contributed by atoms with Crippen molar-refractivity contribution in [3.05, 3.63) is 20.8 Å². The summed E-state index contributed by atoms with van der Waals surface area (Å²) >= 11 is 5.38. The van der Waals surface area contributed by atoms with E-state index in [1.54, 1.807) is 0 Å². The Hall–Kier alpha value is 0.140. The summed E-state index contributed by atoms with van der Waals surface area (Å²) in [7, 11) is 2.06. The van der Waals surface area contributed by atoms with Crippen molar-refractivity contribution in [2.24, 2.45) is 5.41 Å². The zero-order valence-corrected chi connectivity index (χ0v) is 11.0. The van der Waals surface area contributed by atoms with Gasteiger partial charge in [-0.2, -0.15) is 0 Å². The van der Waals surface area contributed by atoms with Crippen molar-refractivity contribution in [2.75, 3.05) is 7.05 Å².